The number of carbonyl (C=O) groups excluding carboxylic acids is 1. The molecule has 1 aromatic rings. The van der Waals surface area contributed by atoms with Crippen LogP contribution in [0.2, 0.25) is 0 Å². The zero-order valence-corrected chi connectivity index (χ0v) is 10.8. The molecule has 1 amide bonds. The van der Waals surface area contributed by atoms with E-state index in [0.717, 1.165) is 12.8 Å². The molecular weight excluding hydrogens is 254 g/mol. The summed E-state index contributed by atoms with van der Waals surface area (Å²) in [7, 11) is 0. The topological polar surface area (TPSA) is 84.2 Å². The molecule has 0 aliphatic carbocycles. The quantitative estimate of drug-likeness (QED) is 0.839. The number of aromatic nitrogens is 2. The largest absolute Gasteiger partial charge is 0.395 e. The van der Waals surface area contributed by atoms with Crippen LogP contribution < -0.4 is 11.0 Å². The highest BCUT2D eigenvalue weighted by atomic mass is 32.2. The van der Waals surface area contributed by atoms with Gasteiger partial charge in [0.15, 0.2) is 0 Å². The Hall–Kier alpha value is -1.34. The molecule has 2 atom stereocenters. The predicted molar refractivity (Wildman–Crippen MR) is 69.5 cm³/mol. The molecule has 1 fully saturated rings. The van der Waals surface area contributed by atoms with E-state index in [4.69, 9.17) is 5.11 Å². The molecule has 0 radical (unpaired) electrons. The number of thioether (sulfide) groups is 1. The van der Waals surface area contributed by atoms with Crippen molar-refractivity contribution >= 4 is 23.5 Å². The lowest BCUT2D eigenvalue weighted by Crippen LogP contribution is -2.25. The zero-order valence-electron chi connectivity index (χ0n) is 10.00. The van der Waals surface area contributed by atoms with Crippen LogP contribution in [-0.4, -0.2) is 32.4 Å². The number of amides is 1. The second kappa shape index (κ2) is 5.53. The number of anilines is 1. The Bertz CT molecular complexity index is 503. The summed E-state index contributed by atoms with van der Waals surface area (Å²) in [5.41, 5.74) is -0.377. The Kier molecular flexibility index (Phi) is 4.03. The van der Waals surface area contributed by atoms with E-state index in [1.165, 1.54) is 6.92 Å². The molecule has 2 heterocycles. The lowest BCUT2D eigenvalue weighted by atomic mass is 10.2. The van der Waals surface area contributed by atoms with Crippen molar-refractivity contribution in [1.82, 2.24) is 9.55 Å². The van der Waals surface area contributed by atoms with Crippen molar-refractivity contribution in [2.24, 2.45) is 0 Å². The third-order valence-corrected chi connectivity index (χ3v) is 4.28. The fraction of sp³-hybridized carbons (Fsp3) is 0.545. The van der Waals surface area contributed by atoms with E-state index in [-0.39, 0.29) is 34.6 Å². The molecule has 18 heavy (non-hydrogen) atoms. The lowest BCUT2D eigenvalue weighted by molar-refractivity contribution is -0.114. The molecule has 2 N–H and O–H groups in total. The Morgan fingerprint density at radius 3 is 3.00 bits per heavy atom. The van der Waals surface area contributed by atoms with E-state index in [9.17, 15) is 9.59 Å². The first-order chi connectivity index (χ1) is 8.60. The number of nitrogens with zero attached hydrogens (tertiary/aromatic N) is 2. The van der Waals surface area contributed by atoms with Crippen LogP contribution in [0, 0.1) is 0 Å². The molecule has 0 bridgehead atoms. The molecule has 1 aliphatic heterocycles. The predicted octanol–water partition coefficient (Wildman–Crippen LogP) is 0.588. The van der Waals surface area contributed by atoms with Crippen LogP contribution in [0.4, 0.5) is 5.82 Å². The molecule has 1 aliphatic rings. The molecular formula is C11H15N3O3S. The van der Waals surface area contributed by atoms with Crippen LogP contribution in [0.25, 0.3) is 0 Å². The van der Waals surface area contributed by atoms with Gasteiger partial charge in [-0.1, -0.05) is 0 Å². The normalized spacial score (nSPS) is 23.0. The first-order valence-corrected chi connectivity index (χ1v) is 6.67. The van der Waals surface area contributed by atoms with Crippen molar-refractivity contribution in [1.29, 1.82) is 0 Å². The Morgan fingerprint density at radius 2 is 2.44 bits per heavy atom. The Labute approximate surface area is 108 Å². The number of rotatable bonds is 3. The van der Waals surface area contributed by atoms with Crippen molar-refractivity contribution in [2.75, 3.05) is 11.9 Å². The van der Waals surface area contributed by atoms with E-state index in [1.807, 2.05) is 0 Å². The standard InChI is InChI=1S/C11H15N3O3S/c1-7(16)12-9-4-5-14(11(17)13-9)10-3-2-8(6-15)18-10/h4-5,8,10,15H,2-3,6H2,1H3,(H,12,13,16,17)/t8-,10+/m0/s1. The second-order valence-corrected chi connectivity index (χ2v) is 5.64. The number of hydrogen-bond acceptors (Lipinski definition) is 5. The Balaban J connectivity index is 2.15. The third-order valence-electron chi connectivity index (χ3n) is 2.73. The lowest BCUT2D eigenvalue weighted by Gasteiger charge is -2.13. The highest BCUT2D eigenvalue weighted by molar-refractivity contribution is 8.00. The van der Waals surface area contributed by atoms with Crippen LogP contribution in [0.15, 0.2) is 17.1 Å². The molecule has 0 aromatic carbocycles. The number of carbonyl (C=O) groups is 1. The highest BCUT2D eigenvalue weighted by Gasteiger charge is 2.26. The molecule has 0 unspecified atom stereocenters. The van der Waals surface area contributed by atoms with Gasteiger partial charge in [0.05, 0.1) is 12.0 Å². The van der Waals surface area contributed by atoms with Gasteiger partial charge >= 0.3 is 5.69 Å². The number of aliphatic hydroxyl groups excluding tert-OH is 1. The minimum Gasteiger partial charge on any atom is -0.395 e. The van der Waals surface area contributed by atoms with Crippen molar-refractivity contribution < 1.29 is 9.90 Å². The molecule has 98 valence electrons. The fourth-order valence-corrected chi connectivity index (χ4v) is 3.27. The first-order valence-electron chi connectivity index (χ1n) is 5.73. The van der Waals surface area contributed by atoms with E-state index in [1.54, 1.807) is 28.6 Å². The van der Waals surface area contributed by atoms with Gasteiger partial charge in [-0.25, -0.2) is 4.79 Å². The second-order valence-electron chi connectivity index (χ2n) is 4.16. The summed E-state index contributed by atoms with van der Waals surface area (Å²) in [4.78, 5) is 26.5. The summed E-state index contributed by atoms with van der Waals surface area (Å²) in [6, 6.07) is 1.61. The number of hydrogen-bond donors (Lipinski definition) is 2. The fourth-order valence-electron chi connectivity index (χ4n) is 1.91. The van der Waals surface area contributed by atoms with Crippen molar-refractivity contribution in [3.63, 3.8) is 0 Å². The summed E-state index contributed by atoms with van der Waals surface area (Å²) in [5, 5.41) is 11.8. The first kappa shape index (κ1) is 13.1. The molecule has 1 saturated heterocycles. The maximum absolute atomic E-state index is 11.8. The average molecular weight is 269 g/mol. The van der Waals surface area contributed by atoms with Gasteiger partial charge in [0.2, 0.25) is 5.91 Å². The Morgan fingerprint density at radius 1 is 1.67 bits per heavy atom. The summed E-state index contributed by atoms with van der Waals surface area (Å²) < 4.78 is 1.55. The van der Waals surface area contributed by atoms with Crippen LogP contribution in [-0.2, 0) is 4.79 Å². The van der Waals surface area contributed by atoms with E-state index < -0.39 is 0 Å². The molecule has 7 heteroatoms. The molecule has 0 spiro atoms. The molecule has 2 rings (SSSR count). The van der Waals surface area contributed by atoms with Crippen LogP contribution in [0.5, 0.6) is 0 Å². The van der Waals surface area contributed by atoms with Gasteiger partial charge in [-0.3, -0.25) is 9.36 Å². The van der Waals surface area contributed by atoms with E-state index in [2.05, 4.69) is 10.3 Å². The summed E-state index contributed by atoms with van der Waals surface area (Å²) in [5.74, 6) is 0.0145. The van der Waals surface area contributed by atoms with Crippen LogP contribution in [0.1, 0.15) is 25.1 Å². The maximum atomic E-state index is 11.8. The zero-order chi connectivity index (χ0) is 13.1. The van der Waals surface area contributed by atoms with E-state index in [0.29, 0.717) is 0 Å². The van der Waals surface area contributed by atoms with Gasteiger partial charge in [0.25, 0.3) is 0 Å². The van der Waals surface area contributed by atoms with E-state index >= 15 is 0 Å². The van der Waals surface area contributed by atoms with Crippen molar-refractivity contribution in [3.05, 3.63) is 22.7 Å². The van der Waals surface area contributed by atoms with Gasteiger partial charge in [-0.15, -0.1) is 11.8 Å². The van der Waals surface area contributed by atoms with Gasteiger partial charge < -0.3 is 10.4 Å². The monoisotopic (exact) mass is 269 g/mol. The van der Waals surface area contributed by atoms with Gasteiger partial charge in [-0.2, -0.15) is 4.98 Å². The molecule has 1 aromatic heterocycles. The van der Waals surface area contributed by atoms with Gasteiger partial charge in [-0.05, 0) is 18.9 Å². The maximum Gasteiger partial charge on any atom is 0.350 e. The summed E-state index contributed by atoms with van der Waals surface area (Å²) in [6.45, 7) is 1.50. The van der Waals surface area contributed by atoms with Crippen molar-refractivity contribution in [3.8, 4) is 0 Å². The minimum atomic E-state index is -0.377. The molecule has 6 nitrogen and oxygen atoms in total. The summed E-state index contributed by atoms with van der Waals surface area (Å²) >= 11 is 1.58. The van der Waals surface area contributed by atoms with Crippen LogP contribution >= 0.6 is 11.8 Å². The number of nitrogens with one attached hydrogen (secondary N) is 1. The SMILES string of the molecule is CC(=O)Nc1ccn([C@H]2CC[C@@H](CO)S2)c(=O)n1. The molecule has 0 saturated carbocycles. The van der Waals surface area contributed by atoms with Gasteiger partial charge in [0.1, 0.15) is 5.82 Å². The van der Waals surface area contributed by atoms with Crippen LogP contribution in [0.3, 0.4) is 0 Å². The smallest absolute Gasteiger partial charge is 0.350 e. The third kappa shape index (κ3) is 2.91. The minimum absolute atomic E-state index is 0.0218. The summed E-state index contributed by atoms with van der Waals surface area (Å²) in [6.07, 6.45) is 3.38. The van der Waals surface area contributed by atoms with Crippen molar-refractivity contribution in [2.45, 2.75) is 30.4 Å². The highest BCUT2D eigenvalue weighted by Crippen LogP contribution is 2.40. The van der Waals surface area contributed by atoms with Gasteiger partial charge in [0, 0.05) is 18.4 Å². The number of aliphatic hydroxyl groups is 1. The average Bonchev–Trinajstić information content (AvgIpc) is 2.76.